The first-order valence-corrected chi connectivity index (χ1v) is 9.13. The molecule has 2 aromatic carbocycles. The summed E-state index contributed by atoms with van der Waals surface area (Å²) in [5, 5.41) is 23.6. The maximum absolute atomic E-state index is 12.0. The van der Waals surface area contributed by atoms with Gasteiger partial charge in [-0.1, -0.05) is 23.5 Å². The number of ether oxygens (including phenoxy) is 1. The van der Waals surface area contributed by atoms with Gasteiger partial charge in [-0.3, -0.25) is 5.32 Å². The lowest BCUT2D eigenvalue weighted by Gasteiger charge is -2.18. The highest BCUT2D eigenvalue weighted by Gasteiger charge is 2.18. The molecular weight excluding hydrogens is 366 g/mol. The number of aromatic nitrogens is 1. The molecule has 0 aliphatic heterocycles. The van der Waals surface area contributed by atoms with Crippen LogP contribution in [-0.4, -0.2) is 21.8 Å². The molecule has 1 heterocycles. The van der Waals surface area contributed by atoms with E-state index < -0.39 is 11.7 Å². The maximum Gasteiger partial charge on any atom is 0.413 e. The number of carbonyl (C=O) groups is 1. The molecule has 0 fully saturated rings. The summed E-state index contributed by atoms with van der Waals surface area (Å²) in [5.74, 6) is 0. The fourth-order valence-corrected chi connectivity index (χ4v) is 3.53. The molecule has 3 N–H and O–H groups in total. The average molecular weight is 386 g/mol. The van der Waals surface area contributed by atoms with Crippen LogP contribution in [0.3, 0.4) is 0 Å². The van der Waals surface area contributed by atoms with Gasteiger partial charge in [-0.2, -0.15) is 0 Å². The predicted octanol–water partition coefficient (Wildman–Crippen LogP) is 4.71. The Hall–Kier alpha value is -2.68. The van der Waals surface area contributed by atoms with E-state index in [1.807, 2.05) is 23.7 Å². The van der Waals surface area contributed by atoms with Crippen molar-refractivity contribution in [2.24, 2.45) is 0 Å². The third kappa shape index (κ3) is 4.54. The first kappa shape index (κ1) is 19.1. The fourth-order valence-electron chi connectivity index (χ4n) is 2.59. The SMILES string of the molecule is CC(C)(C)OC(=O)Nc1nc2c(-c3cccc(N[O-])c3)cc(CO)cc2s1. The second-order valence-corrected chi connectivity index (χ2v) is 8.01. The average Bonchev–Trinajstić information content (AvgIpc) is 3.01. The van der Waals surface area contributed by atoms with Gasteiger partial charge in [0.25, 0.3) is 0 Å². The Morgan fingerprint density at radius 2 is 2.07 bits per heavy atom. The van der Waals surface area contributed by atoms with E-state index in [-0.39, 0.29) is 6.61 Å². The Kier molecular flexibility index (Phi) is 5.31. The minimum Gasteiger partial charge on any atom is -0.761 e. The highest BCUT2D eigenvalue weighted by molar-refractivity contribution is 7.22. The van der Waals surface area contributed by atoms with E-state index in [1.54, 1.807) is 39.0 Å². The van der Waals surface area contributed by atoms with Crippen LogP contribution in [0.4, 0.5) is 15.6 Å². The van der Waals surface area contributed by atoms with Crippen molar-refractivity contribution in [3.8, 4) is 11.1 Å². The largest absolute Gasteiger partial charge is 0.761 e. The number of hydrogen-bond donors (Lipinski definition) is 3. The van der Waals surface area contributed by atoms with Crippen LogP contribution in [0.15, 0.2) is 36.4 Å². The van der Waals surface area contributed by atoms with Crippen LogP contribution in [0.5, 0.6) is 0 Å². The van der Waals surface area contributed by atoms with Crippen LogP contribution in [0.2, 0.25) is 0 Å². The molecule has 8 heteroatoms. The molecule has 0 saturated carbocycles. The molecule has 27 heavy (non-hydrogen) atoms. The van der Waals surface area contributed by atoms with Crippen molar-refractivity contribution in [2.75, 3.05) is 10.8 Å². The van der Waals surface area contributed by atoms with Gasteiger partial charge in [0.2, 0.25) is 0 Å². The molecule has 3 rings (SSSR count). The number of nitrogens with zero attached hydrogens (tertiary/aromatic N) is 1. The zero-order valence-corrected chi connectivity index (χ0v) is 16.0. The van der Waals surface area contributed by atoms with Crippen molar-refractivity contribution in [3.05, 3.63) is 47.2 Å². The number of anilines is 2. The van der Waals surface area contributed by atoms with E-state index in [2.05, 4.69) is 10.3 Å². The van der Waals surface area contributed by atoms with Crippen LogP contribution in [0.1, 0.15) is 26.3 Å². The molecule has 0 saturated heterocycles. The summed E-state index contributed by atoms with van der Waals surface area (Å²) in [6.07, 6.45) is -0.581. The van der Waals surface area contributed by atoms with Crippen molar-refractivity contribution < 1.29 is 14.6 Å². The number of thiazole rings is 1. The van der Waals surface area contributed by atoms with E-state index in [0.29, 0.717) is 21.9 Å². The third-order valence-corrected chi connectivity index (χ3v) is 4.55. The number of rotatable bonds is 4. The number of benzene rings is 2. The van der Waals surface area contributed by atoms with Crippen LogP contribution >= 0.6 is 11.3 Å². The van der Waals surface area contributed by atoms with Crippen LogP contribution in [-0.2, 0) is 11.3 Å². The van der Waals surface area contributed by atoms with Crippen molar-refractivity contribution in [3.63, 3.8) is 0 Å². The molecule has 142 valence electrons. The molecule has 1 aromatic heterocycles. The smallest absolute Gasteiger partial charge is 0.413 e. The summed E-state index contributed by atoms with van der Waals surface area (Å²) >= 11 is 1.29. The number of nitrogens with one attached hydrogen (secondary N) is 2. The monoisotopic (exact) mass is 386 g/mol. The number of aliphatic hydroxyl groups excluding tert-OH is 1. The molecule has 0 atom stereocenters. The molecule has 0 aliphatic carbocycles. The highest BCUT2D eigenvalue weighted by Crippen LogP contribution is 2.36. The number of carbonyl (C=O) groups excluding carboxylic acids is 1. The van der Waals surface area contributed by atoms with Gasteiger partial charge in [0.15, 0.2) is 5.13 Å². The second-order valence-electron chi connectivity index (χ2n) is 6.98. The summed E-state index contributed by atoms with van der Waals surface area (Å²) < 4.78 is 6.07. The number of hydrogen-bond acceptors (Lipinski definition) is 7. The Balaban J connectivity index is 2.03. The molecule has 0 radical (unpaired) electrons. The van der Waals surface area contributed by atoms with Gasteiger partial charge >= 0.3 is 6.09 Å². The normalized spacial score (nSPS) is 11.4. The van der Waals surface area contributed by atoms with E-state index in [0.717, 1.165) is 15.8 Å². The molecule has 1 amide bonds. The Labute approximate surface area is 160 Å². The third-order valence-electron chi connectivity index (χ3n) is 3.64. The lowest BCUT2D eigenvalue weighted by atomic mass is 10.0. The second kappa shape index (κ2) is 7.51. The molecule has 0 spiro atoms. The van der Waals surface area contributed by atoms with Crippen molar-refractivity contribution >= 4 is 38.5 Å². The van der Waals surface area contributed by atoms with E-state index in [1.165, 1.54) is 11.3 Å². The quantitative estimate of drug-likeness (QED) is 0.561. The Morgan fingerprint density at radius 1 is 1.30 bits per heavy atom. The minimum atomic E-state index is -0.609. The first-order valence-electron chi connectivity index (χ1n) is 8.32. The Morgan fingerprint density at radius 3 is 2.74 bits per heavy atom. The van der Waals surface area contributed by atoms with Gasteiger partial charge < -0.3 is 20.5 Å². The highest BCUT2D eigenvalue weighted by atomic mass is 32.1. The summed E-state index contributed by atoms with van der Waals surface area (Å²) in [4.78, 5) is 16.5. The van der Waals surface area contributed by atoms with Gasteiger partial charge in [0.05, 0.1) is 16.8 Å². The van der Waals surface area contributed by atoms with Crippen LogP contribution in [0, 0.1) is 5.21 Å². The number of fused-ring (bicyclic) bond motifs is 1. The van der Waals surface area contributed by atoms with Crippen LogP contribution < -0.4 is 10.8 Å². The zero-order chi connectivity index (χ0) is 19.6. The minimum absolute atomic E-state index is 0.130. The summed E-state index contributed by atoms with van der Waals surface area (Å²) in [7, 11) is 0. The molecular formula is C19H20N3O4S-. The fraction of sp³-hybridized carbons (Fsp3) is 0.263. The van der Waals surface area contributed by atoms with E-state index in [4.69, 9.17) is 4.74 Å². The van der Waals surface area contributed by atoms with E-state index in [9.17, 15) is 15.1 Å². The summed E-state index contributed by atoms with van der Waals surface area (Å²) in [6, 6.07) is 10.6. The van der Waals surface area contributed by atoms with Gasteiger partial charge in [0, 0.05) is 11.3 Å². The van der Waals surface area contributed by atoms with Gasteiger partial charge in [-0.15, -0.1) is 0 Å². The van der Waals surface area contributed by atoms with Gasteiger partial charge in [-0.25, -0.2) is 9.78 Å². The van der Waals surface area contributed by atoms with Gasteiger partial charge in [0.1, 0.15) is 5.60 Å². The molecule has 0 bridgehead atoms. The van der Waals surface area contributed by atoms with E-state index >= 15 is 0 Å². The molecule has 0 aliphatic rings. The standard InChI is InChI=1S/C19H20N3O4S/c1-19(2,3)26-18(24)21-17-20-16-14(7-11(10-23)8-15(16)27-17)12-5-4-6-13(9-12)22-25/h4-9,22-23H,10H2,1-3H3,(H,20,21,24)/q-1. The maximum atomic E-state index is 12.0. The summed E-state index contributed by atoms with van der Waals surface area (Å²) in [6.45, 7) is 5.23. The Bertz CT molecular complexity index is 979. The zero-order valence-electron chi connectivity index (χ0n) is 15.2. The molecule has 3 aromatic rings. The number of aliphatic hydroxyl groups is 1. The molecule has 0 unspecified atom stereocenters. The first-order chi connectivity index (χ1) is 12.8. The van der Waals surface area contributed by atoms with Crippen molar-refractivity contribution in [1.29, 1.82) is 0 Å². The lowest BCUT2D eigenvalue weighted by molar-refractivity contribution is 0.0636. The molecule has 7 nitrogen and oxygen atoms in total. The van der Waals surface area contributed by atoms with Crippen molar-refractivity contribution in [2.45, 2.75) is 33.0 Å². The predicted molar refractivity (Wildman–Crippen MR) is 108 cm³/mol. The van der Waals surface area contributed by atoms with Crippen molar-refractivity contribution in [1.82, 2.24) is 4.98 Å². The van der Waals surface area contributed by atoms with Gasteiger partial charge in [-0.05, 0) is 56.2 Å². The number of amides is 1. The lowest BCUT2D eigenvalue weighted by Crippen LogP contribution is -2.27. The summed E-state index contributed by atoms with van der Waals surface area (Å²) in [5.41, 5.74) is 4.63. The topological polar surface area (TPSA) is 107 Å². The van der Waals surface area contributed by atoms with Crippen LogP contribution in [0.25, 0.3) is 21.3 Å².